The van der Waals surface area contributed by atoms with Crippen LogP contribution in [-0.2, 0) is 33.4 Å². The maximum absolute atomic E-state index is 17.6. The van der Waals surface area contributed by atoms with Crippen LogP contribution in [0, 0.1) is 38.7 Å². The molecule has 13 heteroatoms. The van der Waals surface area contributed by atoms with Crippen LogP contribution in [0.15, 0.2) is 23.8 Å². The van der Waals surface area contributed by atoms with Crippen molar-refractivity contribution in [2.75, 3.05) is 19.8 Å². The molecule has 0 saturated heterocycles. The maximum atomic E-state index is 17.6. The number of halogens is 1. The fourth-order valence-electron chi connectivity index (χ4n) is 8.72. The summed E-state index contributed by atoms with van der Waals surface area (Å²) in [4.78, 5) is 66.3. The quantitative estimate of drug-likeness (QED) is 0.128. The van der Waals surface area contributed by atoms with Gasteiger partial charge in [-0.2, -0.15) is 0 Å². The molecule has 4 aliphatic rings. The van der Waals surface area contributed by atoms with Crippen molar-refractivity contribution >= 4 is 23.7 Å². The van der Waals surface area contributed by atoms with Crippen LogP contribution >= 0.6 is 0 Å². The number of aliphatic hydroxyl groups is 1. The van der Waals surface area contributed by atoms with Gasteiger partial charge in [-0.15, -0.1) is 10.1 Å². The van der Waals surface area contributed by atoms with Crippen LogP contribution in [0.25, 0.3) is 0 Å². The number of alkyl halides is 1. The second kappa shape index (κ2) is 13.2. The highest BCUT2D eigenvalue weighted by atomic mass is 19.1. The van der Waals surface area contributed by atoms with Crippen molar-refractivity contribution in [3.8, 4) is 0 Å². The number of aliphatic hydroxyl groups excluding tert-OH is 1. The first-order valence-corrected chi connectivity index (χ1v) is 15.8. The molecule has 0 bridgehead atoms. The molecule has 1 unspecified atom stereocenters. The van der Waals surface area contributed by atoms with E-state index < -0.39 is 75.6 Å². The molecule has 0 aromatic heterocycles. The Labute approximate surface area is 261 Å². The highest BCUT2D eigenvalue weighted by molar-refractivity contribution is 6.01. The Hall–Kier alpha value is -3.35. The van der Waals surface area contributed by atoms with Gasteiger partial charge in [0.15, 0.2) is 23.7 Å². The molecule has 250 valence electrons. The summed E-state index contributed by atoms with van der Waals surface area (Å²) in [5, 5.41) is 21.0. The summed E-state index contributed by atoms with van der Waals surface area (Å²) in [5.41, 5.74) is -5.72. The maximum Gasteiger partial charge on any atom is 0.508 e. The molecule has 45 heavy (non-hydrogen) atoms. The second-order valence-electron chi connectivity index (χ2n) is 13.3. The lowest BCUT2D eigenvalue weighted by Gasteiger charge is -2.62. The second-order valence-corrected chi connectivity index (χ2v) is 13.3. The van der Waals surface area contributed by atoms with Crippen molar-refractivity contribution < 1.29 is 52.8 Å². The minimum atomic E-state index is -2.13. The minimum Gasteiger partial charge on any atom is -0.450 e. The predicted octanol–water partition coefficient (Wildman–Crippen LogP) is 4.79. The van der Waals surface area contributed by atoms with Gasteiger partial charge in [-0.25, -0.2) is 9.18 Å². The summed E-state index contributed by atoms with van der Waals surface area (Å²) < 4.78 is 33.9. The zero-order valence-corrected chi connectivity index (χ0v) is 26.4. The molecule has 3 fully saturated rings. The van der Waals surface area contributed by atoms with E-state index in [1.807, 2.05) is 6.92 Å². The number of carbonyl (C=O) groups is 4. The van der Waals surface area contributed by atoms with Crippen LogP contribution < -0.4 is 0 Å². The smallest absolute Gasteiger partial charge is 0.450 e. The van der Waals surface area contributed by atoms with Crippen molar-refractivity contribution in [1.29, 1.82) is 0 Å². The molecule has 4 aliphatic carbocycles. The van der Waals surface area contributed by atoms with E-state index in [4.69, 9.17) is 14.2 Å². The monoisotopic (exact) mass is 637 g/mol. The summed E-state index contributed by atoms with van der Waals surface area (Å²) >= 11 is 0. The van der Waals surface area contributed by atoms with Crippen LogP contribution in [0.2, 0.25) is 0 Å². The molecule has 0 heterocycles. The van der Waals surface area contributed by atoms with Gasteiger partial charge in [-0.05, 0) is 69.9 Å². The zero-order valence-electron chi connectivity index (χ0n) is 26.4. The van der Waals surface area contributed by atoms with E-state index in [1.165, 1.54) is 12.2 Å². The number of unbranched alkanes of at least 4 members (excludes halogenated alkanes) is 2. The standard InChI is InChI=1S/C32H44FNO11/c1-5-6-9-27(38)45-32(26(37)19-43-28(39)42-14-7-8-15-44-34(40)41)20(2)16-24-23-11-10-21-17-22(35)12-13-29(21,3)31(23,33)25(36)18-30(24,32)4/h12-13,17,20,23-25,36H,5-11,14-16,18-19H2,1-4H3/t20-,23?,24-,25-,29-,30-,31-,32-/m0/s1. The predicted molar refractivity (Wildman–Crippen MR) is 156 cm³/mol. The van der Waals surface area contributed by atoms with Gasteiger partial charge >= 0.3 is 12.1 Å². The molecule has 0 aromatic rings. The van der Waals surface area contributed by atoms with Crippen molar-refractivity contribution in [2.45, 2.75) is 103 Å². The Morgan fingerprint density at radius 2 is 1.84 bits per heavy atom. The first-order chi connectivity index (χ1) is 21.2. The van der Waals surface area contributed by atoms with Gasteiger partial charge < -0.3 is 24.2 Å². The number of carbonyl (C=O) groups excluding carboxylic acids is 4. The number of Topliss-reactive ketones (excluding diaryl/α,β-unsaturated/α-hetero) is 1. The third-order valence-corrected chi connectivity index (χ3v) is 10.9. The van der Waals surface area contributed by atoms with Gasteiger partial charge in [-0.1, -0.05) is 38.8 Å². The summed E-state index contributed by atoms with van der Waals surface area (Å²) in [6, 6.07) is 0. The number of rotatable bonds is 13. The van der Waals surface area contributed by atoms with E-state index in [0.29, 0.717) is 37.7 Å². The molecule has 0 aliphatic heterocycles. The average Bonchev–Trinajstić information content (AvgIpc) is 3.19. The number of ether oxygens (including phenoxy) is 3. The zero-order chi connectivity index (χ0) is 33.2. The largest absolute Gasteiger partial charge is 0.508 e. The molecule has 0 spiro atoms. The third-order valence-electron chi connectivity index (χ3n) is 10.9. The molecule has 0 amide bonds. The van der Waals surface area contributed by atoms with Gasteiger partial charge in [0.2, 0.25) is 5.78 Å². The Balaban J connectivity index is 1.59. The lowest BCUT2D eigenvalue weighted by molar-refractivity contribution is -0.757. The van der Waals surface area contributed by atoms with E-state index in [1.54, 1.807) is 26.8 Å². The Bertz CT molecular complexity index is 1270. The highest BCUT2D eigenvalue weighted by Gasteiger charge is 2.77. The van der Waals surface area contributed by atoms with Crippen LogP contribution in [0.5, 0.6) is 0 Å². The third kappa shape index (κ3) is 5.88. The van der Waals surface area contributed by atoms with Gasteiger partial charge in [-0.3, -0.25) is 14.4 Å². The lowest BCUT2D eigenvalue weighted by atomic mass is 9.44. The van der Waals surface area contributed by atoms with Crippen molar-refractivity contribution in [2.24, 2.45) is 28.6 Å². The van der Waals surface area contributed by atoms with E-state index in [2.05, 4.69) is 4.84 Å². The minimum absolute atomic E-state index is 0.0616. The van der Waals surface area contributed by atoms with Gasteiger partial charge in [0, 0.05) is 29.1 Å². The van der Waals surface area contributed by atoms with E-state index in [9.17, 15) is 34.4 Å². The molecule has 0 aromatic carbocycles. The van der Waals surface area contributed by atoms with E-state index in [-0.39, 0.29) is 44.7 Å². The van der Waals surface area contributed by atoms with Gasteiger partial charge in [0.05, 0.1) is 19.3 Å². The summed E-state index contributed by atoms with van der Waals surface area (Å²) in [6.45, 7) is 6.09. The molecular formula is C32H44FNO11. The first-order valence-electron chi connectivity index (χ1n) is 15.8. The Morgan fingerprint density at radius 3 is 2.53 bits per heavy atom. The van der Waals surface area contributed by atoms with Crippen LogP contribution in [0.1, 0.15) is 85.5 Å². The Kier molecular flexibility index (Phi) is 10.1. The number of hydrogen-bond acceptors (Lipinski definition) is 11. The summed E-state index contributed by atoms with van der Waals surface area (Å²) in [6.07, 6.45) is 4.41. The average molecular weight is 638 g/mol. The number of esters is 1. The number of hydrogen-bond donors (Lipinski definition) is 1. The topological polar surface area (TPSA) is 169 Å². The van der Waals surface area contributed by atoms with Crippen molar-refractivity contribution in [1.82, 2.24) is 0 Å². The fourth-order valence-corrected chi connectivity index (χ4v) is 8.72. The SMILES string of the molecule is CCCCC(=O)O[C@]1(C(=O)COC(=O)OCCCCO[N+](=O)[O-])[C@@H](C)C[C@H]2C3CCC4=CC(=O)C=C[C@]4(C)[C@@]3(F)[C@@H](O)C[C@@]21C. The molecule has 0 radical (unpaired) electrons. The normalized spacial score (nSPS) is 36.6. The first kappa shape index (κ1) is 34.5. The molecule has 1 N–H and O–H groups in total. The van der Waals surface area contributed by atoms with Crippen LogP contribution in [0.3, 0.4) is 0 Å². The Morgan fingerprint density at radius 1 is 1.13 bits per heavy atom. The van der Waals surface area contributed by atoms with Crippen molar-refractivity contribution in [3.05, 3.63) is 33.9 Å². The molecule has 4 rings (SSSR count). The number of fused-ring (bicyclic) bond motifs is 5. The number of ketones is 2. The lowest BCUT2D eigenvalue weighted by Crippen LogP contribution is -2.70. The summed E-state index contributed by atoms with van der Waals surface area (Å²) in [7, 11) is 0. The van der Waals surface area contributed by atoms with E-state index >= 15 is 4.39 Å². The van der Waals surface area contributed by atoms with Crippen LogP contribution in [0.4, 0.5) is 9.18 Å². The van der Waals surface area contributed by atoms with Crippen molar-refractivity contribution in [3.63, 3.8) is 0 Å². The van der Waals surface area contributed by atoms with Gasteiger partial charge in [0.1, 0.15) is 0 Å². The molecule has 12 nitrogen and oxygen atoms in total. The van der Waals surface area contributed by atoms with Gasteiger partial charge in [0.25, 0.3) is 5.09 Å². The fraction of sp³-hybridized carbons (Fsp3) is 0.750. The molecule has 3 saturated carbocycles. The van der Waals surface area contributed by atoms with E-state index in [0.717, 1.165) is 0 Å². The highest BCUT2D eigenvalue weighted by Crippen LogP contribution is 2.71. The molecular weight excluding hydrogens is 593 g/mol. The van der Waals surface area contributed by atoms with Crippen LogP contribution in [-0.4, -0.2) is 71.1 Å². The number of allylic oxidation sites excluding steroid dienone is 4. The molecule has 8 atom stereocenters. The number of nitrogens with zero attached hydrogens (tertiary/aromatic N) is 1. The summed E-state index contributed by atoms with van der Waals surface area (Å²) in [5.74, 6) is -3.26.